The summed E-state index contributed by atoms with van der Waals surface area (Å²) in [5.41, 5.74) is 6.26. The van der Waals surface area contributed by atoms with Crippen LogP contribution in [0.15, 0.2) is 12.1 Å². The Hall–Kier alpha value is -2.47. The van der Waals surface area contributed by atoms with Crippen LogP contribution in [0.3, 0.4) is 0 Å². The van der Waals surface area contributed by atoms with Crippen molar-refractivity contribution in [3.8, 4) is 11.6 Å². The highest BCUT2D eigenvalue weighted by molar-refractivity contribution is 5.85. The SMILES string of the molecule is CCC(COC)Oc1nc(C)nc2c1c(C)nn2-c1c(C)cc(C)cc1C. The number of aromatic nitrogens is 4. The molecule has 3 aromatic rings. The van der Waals surface area contributed by atoms with E-state index in [1.54, 1.807) is 7.11 Å². The van der Waals surface area contributed by atoms with Gasteiger partial charge in [0.05, 0.1) is 18.0 Å². The number of ether oxygens (including phenoxy) is 2. The molecule has 0 bridgehead atoms. The van der Waals surface area contributed by atoms with Crippen LogP contribution in [-0.4, -0.2) is 39.6 Å². The van der Waals surface area contributed by atoms with E-state index in [1.165, 1.54) is 16.7 Å². The van der Waals surface area contributed by atoms with Crippen molar-refractivity contribution in [2.45, 2.75) is 54.1 Å². The molecule has 2 aromatic heterocycles. The maximum absolute atomic E-state index is 6.18. The average molecular weight is 368 g/mol. The van der Waals surface area contributed by atoms with Crippen molar-refractivity contribution in [2.75, 3.05) is 13.7 Å². The molecule has 1 aromatic carbocycles. The summed E-state index contributed by atoms with van der Waals surface area (Å²) in [4.78, 5) is 9.25. The Labute approximate surface area is 160 Å². The predicted octanol–water partition coefficient (Wildman–Crippen LogP) is 4.16. The van der Waals surface area contributed by atoms with E-state index in [4.69, 9.17) is 19.6 Å². The fourth-order valence-corrected chi connectivity index (χ4v) is 3.58. The van der Waals surface area contributed by atoms with E-state index in [9.17, 15) is 0 Å². The summed E-state index contributed by atoms with van der Waals surface area (Å²) < 4.78 is 13.4. The summed E-state index contributed by atoms with van der Waals surface area (Å²) in [7, 11) is 1.68. The first-order valence-electron chi connectivity index (χ1n) is 9.33. The summed E-state index contributed by atoms with van der Waals surface area (Å²) in [5.74, 6) is 1.24. The Morgan fingerprint density at radius 3 is 2.30 bits per heavy atom. The van der Waals surface area contributed by atoms with Gasteiger partial charge in [-0.1, -0.05) is 24.6 Å². The number of nitrogens with zero attached hydrogens (tertiary/aromatic N) is 4. The first-order chi connectivity index (χ1) is 12.8. The van der Waals surface area contributed by atoms with Gasteiger partial charge in [-0.3, -0.25) is 0 Å². The van der Waals surface area contributed by atoms with Crippen molar-refractivity contribution >= 4 is 11.0 Å². The minimum atomic E-state index is -0.0573. The van der Waals surface area contributed by atoms with Crippen LogP contribution in [0.25, 0.3) is 16.7 Å². The molecule has 0 radical (unpaired) electrons. The van der Waals surface area contributed by atoms with Crippen molar-refractivity contribution in [1.82, 2.24) is 19.7 Å². The Balaban J connectivity index is 2.21. The highest BCUT2D eigenvalue weighted by Gasteiger charge is 2.21. The zero-order valence-corrected chi connectivity index (χ0v) is 17.3. The lowest BCUT2D eigenvalue weighted by molar-refractivity contribution is 0.0766. The van der Waals surface area contributed by atoms with Gasteiger partial charge in [0.2, 0.25) is 5.88 Å². The lowest BCUT2D eigenvalue weighted by atomic mass is 10.1. The Kier molecular flexibility index (Phi) is 5.46. The van der Waals surface area contributed by atoms with Crippen molar-refractivity contribution in [2.24, 2.45) is 0 Å². The largest absolute Gasteiger partial charge is 0.471 e. The number of aryl methyl sites for hydroxylation is 5. The van der Waals surface area contributed by atoms with Crippen LogP contribution in [0.5, 0.6) is 5.88 Å². The molecular formula is C21H28N4O2. The maximum atomic E-state index is 6.18. The van der Waals surface area contributed by atoms with Crippen molar-refractivity contribution in [3.05, 3.63) is 40.3 Å². The molecule has 0 aliphatic rings. The number of rotatable bonds is 6. The van der Waals surface area contributed by atoms with Crippen molar-refractivity contribution in [3.63, 3.8) is 0 Å². The predicted molar refractivity (Wildman–Crippen MR) is 107 cm³/mol. The van der Waals surface area contributed by atoms with Crippen LogP contribution in [0.2, 0.25) is 0 Å². The standard InChI is InChI=1S/C21H28N4O2/c1-8-17(11-26-7)27-21-18-15(5)24-25(20(18)22-16(6)23-21)19-13(3)9-12(2)10-14(19)4/h9-10,17H,8,11H2,1-7H3. The minimum absolute atomic E-state index is 0.0573. The number of methoxy groups -OCH3 is 1. The summed E-state index contributed by atoms with van der Waals surface area (Å²) in [6.45, 7) is 12.8. The van der Waals surface area contributed by atoms with Gasteiger partial charge in [0, 0.05) is 7.11 Å². The molecule has 0 aliphatic carbocycles. The van der Waals surface area contributed by atoms with Gasteiger partial charge in [0.15, 0.2) is 5.65 Å². The Bertz CT molecular complexity index is 955. The summed E-state index contributed by atoms with van der Waals surface area (Å²) in [5, 5.41) is 5.65. The van der Waals surface area contributed by atoms with Crippen molar-refractivity contribution < 1.29 is 9.47 Å². The van der Waals surface area contributed by atoms with E-state index in [0.29, 0.717) is 18.3 Å². The van der Waals surface area contributed by atoms with E-state index < -0.39 is 0 Å². The Morgan fingerprint density at radius 1 is 1.04 bits per heavy atom. The molecule has 6 nitrogen and oxygen atoms in total. The highest BCUT2D eigenvalue weighted by Crippen LogP contribution is 2.31. The smallest absolute Gasteiger partial charge is 0.228 e. The average Bonchev–Trinajstić information content (AvgIpc) is 2.90. The third kappa shape index (κ3) is 3.67. The van der Waals surface area contributed by atoms with Crippen LogP contribution in [0.1, 0.15) is 41.6 Å². The van der Waals surface area contributed by atoms with Gasteiger partial charge in [-0.2, -0.15) is 10.1 Å². The zero-order valence-electron chi connectivity index (χ0n) is 17.3. The molecule has 0 spiro atoms. The summed E-state index contributed by atoms with van der Waals surface area (Å²) >= 11 is 0. The van der Waals surface area contributed by atoms with Gasteiger partial charge in [-0.05, 0) is 52.2 Å². The van der Waals surface area contributed by atoms with E-state index in [1.807, 2.05) is 18.5 Å². The fraction of sp³-hybridized carbons (Fsp3) is 0.476. The molecule has 6 heteroatoms. The molecule has 0 saturated heterocycles. The van der Waals surface area contributed by atoms with E-state index in [2.05, 4.69) is 44.8 Å². The molecule has 2 heterocycles. The molecule has 1 atom stereocenters. The molecular weight excluding hydrogens is 340 g/mol. The highest BCUT2D eigenvalue weighted by atomic mass is 16.5. The van der Waals surface area contributed by atoms with Crippen LogP contribution < -0.4 is 4.74 Å². The van der Waals surface area contributed by atoms with Crippen LogP contribution in [0, 0.1) is 34.6 Å². The van der Waals surface area contributed by atoms with E-state index in [0.717, 1.165) is 28.8 Å². The molecule has 0 saturated carbocycles. The maximum Gasteiger partial charge on any atom is 0.228 e. The molecule has 0 amide bonds. The Morgan fingerprint density at radius 2 is 1.70 bits per heavy atom. The van der Waals surface area contributed by atoms with E-state index >= 15 is 0 Å². The molecule has 0 N–H and O–H groups in total. The van der Waals surface area contributed by atoms with E-state index in [-0.39, 0.29) is 6.10 Å². The monoisotopic (exact) mass is 368 g/mol. The third-order valence-electron chi connectivity index (χ3n) is 4.71. The van der Waals surface area contributed by atoms with Gasteiger partial charge in [-0.25, -0.2) is 9.67 Å². The summed E-state index contributed by atoms with van der Waals surface area (Å²) in [6, 6.07) is 4.34. The topological polar surface area (TPSA) is 62.1 Å². The second kappa shape index (κ2) is 7.64. The number of fused-ring (bicyclic) bond motifs is 1. The normalized spacial score (nSPS) is 12.6. The number of hydrogen-bond donors (Lipinski definition) is 0. The van der Waals surface area contributed by atoms with Crippen molar-refractivity contribution in [1.29, 1.82) is 0 Å². The van der Waals surface area contributed by atoms with Crippen LogP contribution in [-0.2, 0) is 4.74 Å². The summed E-state index contributed by atoms with van der Waals surface area (Å²) in [6.07, 6.45) is 0.778. The first-order valence-corrected chi connectivity index (χ1v) is 9.33. The van der Waals surface area contributed by atoms with Gasteiger partial charge in [0.25, 0.3) is 0 Å². The zero-order chi connectivity index (χ0) is 19.7. The van der Waals surface area contributed by atoms with Gasteiger partial charge in [-0.15, -0.1) is 0 Å². The van der Waals surface area contributed by atoms with Crippen LogP contribution >= 0.6 is 0 Å². The second-order valence-corrected chi connectivity index (χ2v) is 7.12. The molecule has 0 fully saturated rings. The lowest BCUT2D eigenvalue weighted by Crippen LogP contribution is -2.22. The van der Waals surface area contributed by atoms with Crippen LogP contribution in [0.4, 0.5) is 0 Å². The first kappa shape index (κ1) is 19.3. The van der Waals surface area contributed by atoms with Gasteiger partial charge in [0.1, 0.15) is 17.3 Å². The number of hydrogen-bond acceptors (Lipinski definition) is 5. The fourth-order valence-electron chi connectivity index (χ4n) is 3.58. The molecule has 27 heavy (non-hydrogen) atoms. The lowest BCUT2D eigenvalue weighted by Gasteiger charge is -2.17. The molecule has 0 aliphatic heterocycles. The quantitative estimate of drug-likeness (QED) is 0.654. The third-order valence-corrected chi connectivity index (χ3v) is 4.71. The molecule has 1 unspecified atom stereocenters. The minimum Gasteiger partial charge on any atom is -0.471 e. The van der Waals surface area contributed by atoms with Gasteiger partial charge < -0.3 is 9.47 Å². The molecule has 3 rings (SSSR count). The molecule has 144 valence electrons. The van der Waals surface area contributed by atoms with Gasteiger partial charge >= 0.3 is 0 Å². The second-order valence-electron chi connectivity index (χ2n) is 7.12. The number of benzene rings is 1.